The lowest BCUT2D eigenvalue weighted by atomic mass is 10.2. The fourth-order valence-electron chi connectivity index (χ4n) is 2.01. The second-order valence-corrected chi connectivity index (χ2v) is 4.66. The smallest absolute Gasteiger partial charge is 0.0600 e. The molecule has 0 N–H and O–H groups in total. The summed E-state index contributed by atoms with van der Waals surface area (Å²) in [7, 11) is 2.06. The van der Waals surface area contributed by atoms with E-state index in [2.05, 4.69) is 29.1 Å². The average molecular weight is 261 g/mol. The minimum Gasteiger partial charge on any atom is -0.368 e. The fourth-order valence-corrected chi connectivity index (χ4v) is 2.24. The van der Waals surface area contributed by atoms with Gasteiger partial charge in [0.15, 0.2) is 0 Å². The molecule has 3 heteroatoms. The number of hydrogen-bond donors (Lipinski definition) is 0. The molecular formula is C15H17ClN2. The molecule has 18 heavy (non-hydrogen) atoms. The summed E-state index contributed by atoms with van der Waals surface area (Å²) in [6.07, 6.45) is 0. The highest BCUT2D eigenvalue weighted by atomic mass is 35.5. The van der Waals surface area contributed by atoms with Crippen molar-refractivity contribution in [2.45, 2.75) is 19.3 Å². The number of alkyl halides is 1. The summed E-state index contributed by atoms with van der Waals surface area (Å²) < 4.78 is 0. The van der Waals surface area contributed by atoms with Gasteiger partial charge in [-0.3, -0.25) is 4.98 Å². The molecule has 1 aromatic heterocycles. The molecule has 0 spiro atoms. The van der Waals surface area contributed by atoms with E-state index < -0.39 is 0 Å². The fraction of sp³-hybridized carbons (Fsp3) is 0.267. The minimum atomic E-state index is 0.530. The number of aromatic nitrogens is 1. The first kappa shape index (κ1) is 12.9. The van der Waals surface area contributed by atoms with Crippen LogP contribution in [0, 0.1) is 6.92 Å². The minimum absolute atomic E-state index is 0.530. The number of nitrogens with zero attached hydrogens (tertiary/aromatic N) is 2. The Balaban J connectivity index is 2.19. The van der Waals surface area contributed by atoms with Crippen LogP contribution in [0.25, 0.3) is 0 Å². The van der Waals surface area contributed by atoms with Crippen molar-refractivity contribution >= 4 is 17.3 Å². The maximum absolute atomic E-state index is 5.96. The molecule has 0 amide bonds. The third-order valence-electron chi connectivity index (χ3n) is 2.89. The van der Waals surface area contributed by atoms with E-state index in [4.69, 9.17) is 11.6 Å². The predicted octanol–water partition coefficient (Wildman–Crippen LogP) is 3.77. The van der Waals surface area contributed by atoms with Gasteiger partial charge in [-0.2, -0.15) is 0 Å². The van der Waals surface area contributed by atoms with E-state index in [-0.39, 0.29) is 0 Å². The molecule has 2 nitrogen and oxygen atoms in total. The van der Waals surface area contributed by atoms with Crippen molar-refractivity contribution in [2.75, 3.05) is 11.9 Å². The molecule has 0 aliphatic carbocycles. The maximum atomic E-state index is 5.96. The van der Waals surface area contributed by atoms with Crippen LogP contribution in [0.4, 0.5) is 5.69 Å². The Morgan fingerprint density at radius 2 is 1.89 bits per heavy atom. The molecular weight excluding hydrogens is 244 g/mol. The highest BCUT2D eigenvalue weighted by molar-refractivity contribution is 6.17. The highest BCUT2D eigenvalue weighted by Crippen LogP contribution is 2.22. The first-order valence-electron chi connectivity index (χ1n) is 5.98. The van der Waals surface area contributed by atoms with Crippen LogP contribution in [0.5, 0.6) is 0 Å². The molecule has 0 saturated heterocycles. The molecule has 0 radical (unpaired) electrons. The average Bonchev–Trinajstić information content (AvgIpc) is 2.38. The Bertz CT molecular complexity index is 525. The molecule has 0 bridgehead atoms. The lowest BCUT2D eigenvalue weighted by molar-refractivity contribution is 0.872. The zero-order chi connectivity index (χ0) is 13.0. The Hall–Kier alpha value is -1.54. The normalized spacial score (nSPS) is 10.4. The van der Waals surface area contributed by atoms with Gasteiger partial charge in [-0.1, -0.05) is 24.3 Å². The number of para-hydroxylation sites is 1. The quantitative estimate of drug-likeness (QED) is 0.778. The third-order valence-corrected chi connectivity index (χ3v) is 3.18. The molecule has 0 atom stereocenters. The van der Waals surface area contributed by atoms with Gasteiger partial charge in [-0.05, 0) is 30.7 Å². The molecule has 0 aliphatic heterocycles. The first-order valence-corrected chi connectivity index (χ1v) is 6.51. The molecule has 94 valence electrons. The van der Waals surface area contributed by atoms with Gasteiger partial charge < -0.3 is 4.90 Å². The number of benzene rings is 1. The lowest BCUT2D eigenvalue weighted by Crippen LogP contribution is -2.18. The lowest BCUT2D eigenvalue weighted by Gasteiger charge is -2.21. The number of aryl methyl sites for hydroxylation is 1. The summed E-state index contributed by atoms with van der Waals surface area (Å²) in [5, 5.41) is 0. The molecule has 0 saturated carbocycles. The van der Waals surface area contributed by atoms with Crippen LogP contribution >= 0.6 is 11.6 Å². The molecule has 0 fully saturated rings. The van der Waals surface area contributed by atoms with Crippen LogP contribution in [0.3, 0.4) is 0 Å². The summed E-state index contributed by atoms with van der Waals surface area (Å²) in [6.45, 7) is 2.80. The Morgan fingerprint density at radius 1 is 1.11 bits per heavy atom. The van der Waals surface area contributed by atoms with Gasteiger partial charge in [-0.15, -0.1) is 11.6 Å². The van der Waals surface area contributed by atoms with Crippen LogP contribution in [-0.2, 0) is 12.4 Å². The van der Waals surface area contributed by atoms with E-state index in [0.717, 1.165) is 29.2 Å². The summed E-state index contributed by atoms with van der Waals surface area (Å²) in [4.78, 5) is 6.70. The van der Waals surface area contributed by atoms with E-state index in [1.54, 1.807) is 0 Å². The van der Waals surface area contributed by atoms with Crippen LogP contribution in [0.2, 0.25) is 0 Å². The molecule has 1 aromatic carbocycles. The zero-order valence-electron chi connectivity index (χ0n) is 10.7. The van der Waals surface area contributed by atoms with Gasteiger partial charge in [0, 0.05) is 24.3 Å². The van der Waals surface area contributed by atoms with Crippen molar-refractivity contribution in [3.63, 3.8) is 0 Å². The second kappa shape index (κ2) is 5.87. The maximum Gasteiger partial charge on any atom is 0.0600 e. The number of hydrogen-bond acceptors (Lipinski definition) is 2. The van der Waals surface area contributed by atoms with Crippen LogP contribution in [-0.4, -0.2) is 12.0 Å². The van der Waals surface area contributed by atoms with Crippen molar-refractivity contribution < 1.29 is 0 Å². The third kappa shape index (κ3) is 3.02. The largest absolute Gasteiger partial charge is 0.368 e. The van der Waals surface area contributed by atoms with Crippen LogP contribution < -0.4 is 4.90 Å². The zero-order valence-corrected chi connectivity index (χ0v) is 11.5. The monoisotopic (exact) mass is 260 g/mol. The van der Waals surface area contributed by atoms with Crippen molar-refractivity contribution in [1.29, 1.82) is 0 Å². The van der Waals surface area contributed by atoms with Crippen molar-refractivity contribution in [3.05, 3.63) is 59.4 Å². The van der Waals surface area contributed by atoms with Gasteiger partial charge in [0.2, 0.25) is 0 Å². The summed E-state index contributed by atoms with van der Waals surface area (Å²) in [5.41, 5.74) is 4.43. The molecule has 0 aliphatic rings. The van der Waals surface area contributed by atoms with Gasteiger partial charge in [0.05, 0.1) is 12.2 Å². The van der Waals surface area contributed by atoms with Crippen LogP contribution in [0.1, 0.15) is 17.0 Å². The molecule has 2 aromatic rings. The SMILES string of the molecule is Cc1cccc(CN(C)c2ccccc2CCl)n1. The Morgan fingerprint density at radius 3 is 2.61 bits per heavy atom. The Labute approximate surface area is 113 Å². The highest BCUT2D eigenvalue weighted by Gasteiger charge is 2.07. The van der Waals surface area contributed by atoms with Crippen molar-refractivity contribution in [1.82, 2.24) is 4.98 Å². The molecule has 2 rings (SSSR count). The van der Waals surface area contributed by atoms with Crippen LogP contribution in [0.15, 0.2) is 42.5 Å². The number of rotatable bonds is 4. The number of anilines is 1. The second-order valence-electron chi connectivity index (χ2n) is 4.39. The van der Waals surface area contributed by atoms with E-state index in [1.807, 2.05) is 37.3 Å². The number of pyridine rings is 1. The van der Waals surface area contributed by atoms with E-state index in [0.29, 0.717) is 5.88 Å². The summed E-state index contributed by atoms with van der Waals surface area (Å²) >= 11 is 5.96. The number of halogens is 1. The van der Waals surface area contributed by atoms with Gasteiger partial charge in [0.1, 0.15) is 0 Å². The topological polar surface area (TPSA) is 16.1 Å². The van der Waals surface area contributed by atoms with Gasteiger partial charge in [-0.25, -0.2) is 0 Å². The predicted molar refractivity (Wildman–Crippen MR) is 77.1 cm³/mol. The van der Waals surface area contributed by atoms with Crippen molar-refractivity contribution in [3.8, 4) is 0 Å². The molecule has 0 unspecified atom stereocenters. The summed E-state index contributed by atoms with van der Waals surface area (Å²) in [5.74, 6) is 0.530. The van der Waals surface area contributed by atoms with Gasteiger partial charge in [0.25, 0.3) is 0 Å². The first-order chi connectivity index (χ1) is 8.70. The summed E-state index contributed by atoms with van der Waals surface area (Å²) in [6, 6.07) is 14.3. The molecule has 1 heterocycles. The van der Waals surface area contributed by atoms with Crippen molar-refractivity contribution in [2.24, 2.45) is 0 Å². The van der Waals surface area contributed by atoms with E-state index in [9.17, 15) is 0 Å². The van der Waals surface area contributed by atoms with E-state index in [1.165, 1.54) is 0 Å². The van der Waals surface area contributed by atoms with Gasteiger partial charge >= 0.3 is 0 Å². The van der Waals surface area contributed by atoms with E-state index >= 15 is 0 Å². The standard InChI is InChI=1S/C15H17ClN2/c1-12-6-5-8-14(17-12)11-18(2)15-9-4-3-7-13(15)10-16/h3-9H,10-11H2,1-2H3. The Kier molecular flexibility index (Phi) is 4.21.